The summed E-state index contributed by atoms with van der Waals surface area (Å²) in [5, 5.41) is 13.8. The molecule has 2 aromatic carbocycles. The van der Waals surface area contributed by atoms with E-state index in [1.54, 1.807) is 0 Å². The summed E-state index contributed by atoms with van der Waals surface area (Å²) in [5.74, 6) is -0.443. The molecule has 1 N–H and O–H groups in total. The molecule has 1 saturated heterocycles. The Morgan fingerprint density at radius 2 is 1.81 bits per heavy atom. The molecule has 0 radical (unpaired) electrons. The van der Waals surface area contributed by atoms with Crippen molar-refractivity contribution in [2.45, 2.75) is 13.1 Å². The topological polar surface area (TPSA) is 84.7 Å². The Morgan fingerprint density at radius 1 is 1.15 bits per heavy atom. The Bertz CT molecular complexity index is 820. The van der Waals surface area contributed by atoms with Crippen LogP contribution in [0.4, 0.5) is 5.69 Å². The van der Waals surface area contributed by atoms with Gasteiger partial charge in [-0.05, 0) is 17.2 Å². The van der Waals surface area contributed by atoms with Crippen molar-refractivity contribution >= 4 is 23.2 Å². The first-order chi connectivity index (χ1) is 13.0. The largest absolute Gasteiger partial charge is 0.379 e. The van der Waals surface area contributed by atoms with Crippen molar-refractivity contribution in [2.75, 3.05) is 26.3 Å². The van der Waals surface area contributed by atoms with Gasteiger partial charge in [0.2, 0.25) is 0 Å². The number of morpholine rings is 1. The van der Waals surface area contributed by atoms with Gasteiger partial charge in [0.05, 0.1) is 28.7 Å². The van der Waals surface area contributed by atoms with Gasteiger partial charge < -0.3 is 10.1 Å². The second-order valence-corrected chi connectivity index (χ2v) is 6.72. The van der Waals surface area contributed by atoms with E-state index >= 15 is 0 Å². The van der Waals surface area contributed by atoms with Crippen molar-refractivity contribution < 1.29 is 14.5 Å². The summed E-state index contributed by atoms with van der Waals surface area (Å²) >= 11 is 5.99. The number of amides is 1. The molecule has 0 unspecified atom stereocenters. The van der Waals surface area contributed by atoms with Crippen molar-refractivity contribution in [1.82, 2.24) is 10.2 Å². The van der Waals surface area contributed by atoms with E-state index in [-0.39, 0.29) is 16.3 Å². The highest BCUT2D eigenvalue weighted by molar-refractivity contribution is 6.33. The summed E-state index contributed by atoms with van der Waals surface area (Å²) in [6.45, 7) is 4.59. The number of nitrogens with zero attached hydrogens (tertiary/aromatic N) is 2. The lowest BCUT2D eigenvalue weighted by Crippen LogP contribution is -2.35. The summed E-state index contributed by atoms with van der Waals surface area (Å²) in [4.78, 5) is 25.0. The monoisotopic (exact) mass is 389 g/mol. The van der Waals surface area contributed by atoms with E-state index < -0.39 is 10.8 Å². The van der Waals surface area contributed by atoms with Crippen LogP contribution in [0.5, 0.6) is 0 Å². The van der Waals surface area contributed by atoms with Crippen LogP contribution < -0.4 is 5.32 Å². The predicted octanol–water partition coefficient (Wildman–Crippen LogP) is 3.01. The zero-order valence-electron chi connectivity index (χ0n) is 14.7. The summed E-state index contributed by atoms with van der Waals surface area (Å²) in [7, 11) is 0. The number of hydrogen-bond acceptors (Lipinski definition) is 5. The van der Waals surface area contributed by atoms with E-state index in [2.05, 4.69) is 10.2 Å². The van der Waals surface area contributed by atoms with E-state index in [0.29, 0.717) is 6.54 Å². The Morgan fingerprint density at radius 3 is 2.48 bits per heavy atom. The fourth-order valence-corrected chi connectivity index (χ4v) is 3.06. The lowest BCUT2D eigenvalue weighted by atomic mass is 10.1. The molecular weight excluding hydrogens is 370 g/mol. The van der Waals surface area contributed by atoms with Crippen molar-refractivity contribution in [3.63, 3.8) is 0 Å². The molecule has 0 bridgehead atoms. The smallest absolute Gasteiger partial charge is 0.270 e. The van der Waals surface area contributed by atoms with E-state index in [1.165, 1.54) is 23.8 Å². The van der Waals surface area contributed by atoms with Gasteiger partial charge >= 0.3 is 0 Å². The number of carbonyl (C=O) groups excluding carboxylic acids is 1. The Hall–Kier alpha value is -2.48. The van der Waals surface area contributed by atoms with Crippen LogP contribution in [-0.4, -0.2) is 42.0 Å². The fraction of sp³-hybridized carbons (Fsp3) is 0.316. The van der Waals surface area contributed by atoms with Crippen LogP contribution in [0.15, 0.2) is 42.5 Å². The van der Waals surface area contributed by atoms with E-state index in [0.717, 1.165) is 38.4 Å². The molecule has 1 aliphatic rings. The van der Waals surface area contributed by atoms with Gasteiger partial charge in [-0.15, -0.1) is 0 Å². The SMILES string of the molecule is O=C(NCc1ccc(CN2CCOCC2)cc1)c1cc([N+](=O)[O-])ccc1Cl. The number of rotatable bonds is 6. The lowest BCUT2D eigenvalue weighted by Gasteiger charge is -2.26. The number of carbonyl (C=O) groups is 1. The van der Waals surface area contributed by atoms with Crippen molar-refractivity contribution in [3.8, 4) is 0 Å². The van der Waals surface area contributed by atoms with Crippen LogP contribution >= 0.6 is 11.6 Å². The number of nitro benzene ring substituents is 1. The molecule has 7 nitrogen and oxygen atoms in total. The first-order valence-corrected chi connectivity index (χ1v) is 9.01. The molecule has 0 saturated carbocycles. The number of non-ortho nitro benzene ring substituents is 1. The molecule has 27 heavy (non-hydrogen) atoms. The minimum absolute atomic E-state index is 0.0924. The molecule has 1 amide bonds. The maximum atomic E-state index is 12.3. The molecule has 142 valence electrons. The lowest BCUT2D eigenvalue weighted by molar-refractivity contribution is -0.384. The van der Waals surface area contributed by atoms with Gasteiger partial charge in [-0.1, -0.05) is 35.9 Å². The van der Waals surface area contributed by atoms with Gasteiger partial charge in [-0.25, -0.2) is 0 Å². The molecule has 8 heteroatoms. The highest BCUT2D eigenvalue weighted by Crippen LogP contribution is 2.22. The van der Waals surface area contributed by atoms with Gasteiger partial charge in [0.1, 0.15) is 0 Å². The van der Waals surface area contributed by atoms with Crippen molar-refractivity contribution in [1.29, 1.82) is 0 Å². The third-order valence-corrected chi connectivity index (χ3v) is 4.72. The Balaban J connectivity index is 1.57. The van der Waals surface area contributed by atoms with E-state index in [9.17, 15) is 14.9 Å². The highest BCUT2D eigenvalue weighted by atomic mass is 35.5. The molecule has 0 aromatic heterocycles. The van der Waals surface area contributed by atoms with Gasteiger partial charge in [0.15, 0.2) is 0 Å². The minimum atomic E-state index is -0.555. The number of nitrogens with one attached hydrogen (secondary N) is 1. The van der Waals surface area contributed by atoms with Gasteiger partial charge in [0.25, 0.3) is 11.6 Å². The molecule has 1 aliphatic heterocycles. The predicted molar refractivity (Wildman–Crippen MR) is 102 cm³/mol. The quantitative estimate of drug-likeness (QED) is 0.606. The standard InChI is InChI=1S/C19H20ClN3O4/c20-18-6-5-16(23(25)26)11-17(18)19(24)21-12-14-1-3-15(4-2-14)13-22-7-9-27-10-8-22/h1-6,11H,7-10,12-13H2,(H,21,24). The van der Waals surface area contributed by atoms with Crippen molar-refractivity contribution in [2.24, 2.45) is 0 Å². The zero-order chi connectivity index (χ0) is 19.2. The van der Waals surface area contributed by atoms with E-state index in [4.69, 9.17) is 16.3 Å². The Kier molecular flexibility index (Phi) is 6.39. The molecule has 1 heterocycles. The molecule has 0 aliphatic carbocycles. The number of hydrogen-bond donors (Lipinski definition) is 1. The molecular formula is C19H20ClN3O4. The Labute approximate surface area is 162 Å². The number of halogens is 1. The van der Waals surface area contributed by atoms with Gasteiger partial charge in [-0.2, -0.15) is 0 Å². The first kappa shape index (κ1) is 19.3. The highest BCUT2D eigenvalue weighted by Gasteiger charge is 2.16. The minimum Gasteiger partial charge on any atom is -0.379 e. The summed E-state index contributed by atoms with van der Waals surface area (Å²) in [5.41, 5.74) is 2.07. The molecule has 1 fully saturated rings. The molecule has 0 atom stereocenters. The molecule has 0 spiro atoms. The molecule has 2 aromatic rings. The average molecular weight is 390 g/mol. The van der Waals surface area contributed by atoms with Crippen LogP contribution in [0.1, 0.15) is 21.5 Å². The van der Waals surface area contributed by atoms with Crippen LogP contribution in [0.25, 0.3) is 0 Å². The van der Waals surface area contributed by atoms with Crippen LogP contribution in [0.3, 0.4) is 0 Å². The van der Waals surface area contributed by atoms with Crippen LogP contribution in [-0.2, 0) is 17.8 Å². The summed E-state index contributed by atoms with van der Waals surface area (Å²) in [6, 6.07) is 11.8. The van der Waals surface area contributed by atoms with Gasteiger partial charge in [0, 0.05) is 38.3 Å². The normalized spacial score (nSPS) is 14.7. The second-order valence-electron chi connectivity index (χ2n) is 6.31. The second kappa shape index (κ2) is 8.94. The van der Waals surface area contributed by atoms with Gasteiger partial charge in [-0.3, -0.25) is 19.8 Å². The maximum Gasteiger partial charge on any atom is 0.270 e. The van der Waals surface area contributed by atoms with E-state index in [1.807, 2.05) is 24.3 Å². The fourth-order valence-electron chi connectivity index (χ4n) is 2.86. The third kappa shape index (κ3) is 5.26. The van der Waals surface area contributed by atoms with Crippen molar-refractivity contribution in [3.05, 3.63) is 74.3 Å². The van der Waals surface area contributed by atoms with Crippen LogP contribution in [0, 0.1) is 10.1 Å². The third-order valence-electron chi connectivity index (χ3n) is 4.39. The average Bonchev–Trinajstić information content (AvgIpc) is 2.68. The summed E-state index contributed by atoms with van der Waals surface area (Å²) < 4.78 is 5.35. The van der Waals surface area contributed by atoms with Crippen LogP contribution in [0.2, 0.25) is 5.02 Å². The number of benzene rings is 2. The number of ether oxygens (including phenoxy) is 1. The maximum absolute atomic E-state index is 12.3. The summed E-state index contributed by atoms with van der Waals surface area (Å²) in [6.07, 6.45) is 0. The molecule has 3 rings (SSSR count). The number of nitro groups is 1. The first-order valence-electron chi connectivity index (χ1n) is 8.63. The zero-order valence-corrected chi connectivity index (χ0v) is 15.4.